The van der Waals surface area contributed by atoms with E-state index in [4.69, 9.17) is 0 Å². The summed E-state index contributed by atoms with van der Waals surface area (Å²) in [5, 5.41) is 3.41. The van der Waals surface area contributed by atoms with E-state index in [1.54, 1.807) is 0 Å². The summed E-state index contributed by atoms with van der Waals surface area (Å²) in [5.41, 5.74) is 0.602. The average Bonchev–Trinajstić information content (AvgIpc) is 2.30. The molecular weight excluding hydrogens is 196 g/mol. The van der Waals surface area contributed by atoms with Crippen molar-refractivity contribution in [2.45, 2.75) is 46.1 Å². The molecule has 1 heterocycles. The van der Waals surface area contributed by atoms with E-state index < -0.39 is 0 Å². The van der Waals surface area contributed by atoms with Crippen LogP contribution in [0.2, 0.25) is 0 Å². The molecule has 0 amide bonds. The van der Waals surface area contributed by atoms with Gasteiger partial charge in [-0.1, -0.05) is 26.3 Å². The lowest BCUT2D eigenvalue weighted by Gasteiger charge is -2.41. The number of piperidine rings is 1. The van der Waals surface area contributed by atoms with Crippen molar-refractivity contribution >= 4 is 0 Å². The third-order valence-corrected chi connectivity index (χ3v) is 4.21. The van der Waals surface area contributed by atoms with E-state index in [0.717, 1.165) is 13.1 Å². The Morgan fingerprint density at radius 1 is 1.44 bits per heavy atom. The van der Waals surface area contributed by atoms with E-state index >= 15 is 0 Å². The minimum atomic E-state index is 0.602. The molecule has 16 heavy (non-hydrogen) atoms. The fourth-order valence-electron chi connectivity index (χ4n) is 2.38. The van der Waals surface area contributed by atoms with Gasteiger partial charge in [0, 0.05) is 19.1 Å². The van der Waals surface area contributed by atoms with E-state index in [2.05, 4.69) is 37.6 Å². The first-order valence-corrected chi connectivity index (χ1v) is 6.67. The van der Waals surface area contributed by atoms with Crippen molar-refractivity contribution in [2.24, 2.45) is 5.41 Å². The summed E-state index contributed by atoms with van der Waals surface area (Å²) in [6, 6.07) is 0.654. The molecule has 2 heteroatoms. The fraction of sp³-hybridized carbons (Fsp3) is 0.857. The molecule has 2 nitrogen and oxygen atoms in total. The van der Waals surface area contributed by atoms with Crippen molar-refractivity contribution in [3.8, 4) is 0 Å². The van der Waals surface area contributed by atoms with Gasteiger partial charge in [0.15, 0.2) is 0 Å². The molecule has 1 unspecified atom stereocenters. The summed E-state index contributed by atoms with van der Waals surface area (Å²) in [4.78, 5) is 2.62. The molecule has 1 N–H and O–H groups in total. The molecule has 1 rings (SSSR count). The summed E-state index contributed by atoms with van der Waals surface area (Å²) in [7, 11) is 0. The highest BCUT2D eigenvalue weighted by Crippen LogP contribution is 2.34. The molecule has 0 aromatic rings. The maximum absolute atomic E-state index is 3.72. The molecule has 0 spiro atoms. The first-order chi connectivity index (χ1) is 7.61. The van der Waals surface area contributed by atoms with Crippen LogP contribution in [0.1, 0.15) is 40.0 Å². The Balaban J connectivity index is 2.27. The molecule has 1 saturated heterocycles. The summed E-state index contributed by atoms with van der Waals surface area (Å²) in [6.07, 6.45) is 5.96. The van der Waals surface area contributed by atoms with E-state index in [0.29, 0.717) is 11.5 Å². The van der Waals surface area contributed by atoms with E-state index in [-0.39, 0.29) is 0 Å². The first kappa shape index (κ1) is 13.7. The fourth-order valence-corrected chi connectivity index (χ4v) is 2.38. The molecule has 1 aliphatic heterocycles. The van der Waals surface area contributed by atoms with Gasteiger partial charge in [0.05, 0.1) is 0 Å². The monoisotopic (exact) mass is 224 g/mol. The number of hydrogen-bond acceptors (Lipinski definition) is 2. The number of hydrogen-bond donors (Lipinski definition) is 1. The van der Waals surface area contributed by atoms with Gasteiger partial charge in [-0.05, 0) is 38.3 Å². The van der Waals surface area contributed by atoms with Crippen LogP contribution >= 0.6 is 0 Å². The quantitative estimate of drug-likeness (QED) is 0.551. The summed E-state index contributed by atoms with van der Waals surface area (Å²) in [5.74, 6) is 0. The summed E-state index contributed by atoms with van der Waals surface area (Å²) < 4.78 is 0. The Hall–Kier alpha value is -0.340. The number of rotatable bonds is 6. The largest absolute Gasteiger partial charge is 0.312 e. The lowest BCUT2D eigenvalue weighted by Crippen LogP contribution is -2.46. The Morgan fingerprint density at radius 3 is 2.56 bits per heavy atom. The SMILES string of the molecule is C=CCNCC(C)N1CCC(C)(CC)CC1. The molecule has 0 aromatic heterocycles. The lowest BCUT2D eigenvalue weighted by molar-refractivity contribution is 0.0865. The van der Waals surface area contributed by atoms with Crippen LogP contribution in [0.4, 0.5) is 0 Å². The predicted molar refractivity (Wildman–Crippen MR) is 71.7 cm³/mol. The van der Waals surface area contributed by atoms with Crippen molar-refractivity contribution in [3.05, 3.63) is 12.7 Å². The zero-order valence-corrected chi connectivity index (χ0v) is 11.3. The van der Waals surface area contributed by atoms with E-state index in [9.17, 15) is 0 Å². The average molecular weight is 224 g/mol. The zero-order valence-electron chi connectivity index (χ0n) is 11.3. The molecule has 0 radical (unpaired) electrons. The molecule has 1 aliphatic rings. The topological polar surface area (TPSA) is 15.3 Å². The standard InChI is InChI=1S/C14H28N2/c1-5-9-15-12-13(3)16-10-7-14(4,6-2)8-11-16/h5,13,15H,1,6-12H2,2-4H3. The molecule has 1 fully saturated rings. The molecule has 0 aliphatic carbocycles. The maximum atomic E-state index is 3.72. The Labute approximate surface area is 101 Å². The van der Waals surface area contributed by atoms with Crippen LogP contribution < -0.4 is 5.32 Å². The van der Waals surface area contributed by atoms with Crippen LogP contribution in [0, 0.1) is 5.41 Å². The Morgan fingerprint density at radius 2 is 2.06 bits per heavy atom. The maximum Gasteiger partial charge on any atom is 0.0192 e. The minimum Gasteiger partial charge on any atom is -0.312 e. The first-order valence-electron chi connectivity index (χ1n) is 6.67. The van der Waals surface area contributed by atoms with Gasteiger partial charge in [-0.15, -0.1) is 6.58 Å². The smallest absolute Gasteiger partial charge is 0.0192 e. The van der Waals surface area contributed by atoms with Gasteiger partial charge in [-0.2, -0.15) is 0 Å². The second-order valence-electron chi connectivity index (χ2n) is 5.50. The van der Waals surface area contributed by atoms with Crippen LogP contribution in [-0.2, 0) is 0 Å². The third-order valence-electron chi connectivity index (χ3n) is 4.21. The molecule has 94 valence electrons. The second-order valence-corrected chi connectivity index (χ2v) is 5.50. The van der Waals surface area contributed by atoms with Gasteiger partial charge in [0.1, 0.15) is 0 Å². The zero-order chi connectivity index (χ0) is 12.0. The molecule has 0 bridgehead atoms. The van der Waals surface area contributed by atoms with Gasteiger partial charge < -0.3 is 5.32 Å². The van der Waals surface area contributed by atoms with E-state index in [1.807, 2.05) is 6.08 Å². The number of likely N-dealkylation sites (tertiary alicyclic amines) is 1. The summed E-state index contributed by atoms with van der Waals surface area (Å²) >= 11 is 0. The Bertz CT molecular complexity index is 205. The van der Waals surface area contributed by atoms with Gasteiger partial charge in [0.25, 0.3) is 0 Å². The molecule has 0 aromatic carbocycles. The highest BCUT2D eigenvalue weighted by Gasteiger charge is 2.29. The Kier molecular flexibility index (Phi) is 5.50. The van der Waals surface area contributed by atoms with Crippen LogP contribution in [0.25, 0.3) is 0 Å². The van der Waals surface area contributed by atoms with Crippen molar-refractivity contribution in [2.75, 3.05) is 26.2 Å². The van der Waals surface area contributed by atoms with Gasteiger partial charge >= 0.3 is 0 Å². The van der Waals surface area contributed by atoms with Crippen molar-refractivity contribution in [3.63, 3.8) is 0 Å². The summed E-state index contributed by atoms with van der Waals surface area (Å²) in [6.45, 7) is 15.3. The normalized spacial score (nSPS) is 22.9. The van der Waals surface area contributed by atoms with E-state index in [1.165, 1.54) is 32.4 Å². The molecule has 0 saturated carbocycles. The predicted octanol–water partition coefficient (Wildman–Crippen LogP) is 2.66. The van der Waals surface area contributed by atoms with Crippen LogP contribution in [0.3, 0.4) is 0 Å². The molecular formula is C14H28N2. The highest BCUT2D eigenvalue weighted by molar-refractivity contribution is 4.84. The van der Waals surface area contributed by atoms with Gasteiger partial charge in [-0.3, -0.25) is 4.90 Å². The minimum absolute atomic E-state index is 0.602. The lowest BCUT2D eigenvalue weighted by atomic mass is 9.78. The van der Waals surface area contributed by atoms with Crippen molar-refractivity contribution in [1.82, 2.24) is 10.2 Å². The third kappa shape index (κ3) is 3.91. The van der Waals surface area contributed by atoms with Crippen molar-refractivity contribution < 1.29 is 0 Å². The van der Waals surface area contributed by atoms with Gasteiger partial charge in [0.2, 0.25) is 0 Å². The van der Waals surface area contributed by atoms with Crippen LogP contribution in [0.5, 0.6) is 0 Å². The number of nitrogens with one attached hydrogen (secondary N) is 1. The highest BCUT2D eigenvalue weighted by atomic mass is 15.2. The van der Waals surface area contributed by atoms with Crippen LogP contribution in [-0.4, -0.2) is 37.1 Å². The number of nitrogens with zero attached hydrogens (tertiary/aromatic N) is 1. The van der Waals surface area contributed by atoms with Crippen LogP contribution in [0.15, 0.2) is 12.7 Å². The van der Waals surface area contributed by atoms with Gasteiger partial charge in [-0.25, -0.2) is 0 Å². The second kappa shape index (κ2) is 6.41. The molecule has 1 atom stereocenters. The van der Waals surface area contributed by atoms with Crippen molar-refractivity contribution in [1.29, 1.82) is 0 Å².